The van der Waals surface area contributed by atoms with E-state index < -0.39 is 29.2 Å². The molecule has 0 saturated carbocycles. The molecule has 0 fully saturated rings. The summed E-state index contributed by atoms with van der Waals surface area (Å²) in [5.41, 5.74) is -3.67. The minimum absolute atomic E-state index is 0.234. The molecular weight excluding hydrogens is 300 g/mol. The molecule has 0 aliphatic carbocycles. The molecule has 0 radical (unpaired) electrons. The van der Waals surface area contributed by atoms with Crippen molar-refractivity contribution in [2.45, 2.75) is 12.4 Å². The van der Waals surface area contributed by atoms with Gasteiger partial charge in [-0.3, -0.25) is 0 Å². The smallest absolute Gasteiger partial charge is 0.420 e. The Bertz CT molecular complexity index is 621. The zero-order valence-corrected chi connectivity index (χ0v) is 10.2. The van der Waals surface area contributed by atoms with Crippen LogP contribution in [-0.4, -0.2) is 4.98 Å². The fourth-order valence-corrected chi connectivity index (χ4v) is 1.66. The number of benzene rings is 1. The first-order chi connectivity index (χ1) is 9.69. The highest BCUT2D eigenvalue weighted by atomic mass is 19.4. The lowest BCUT2D eigenvalue weighted by Crippen LogP contribution is -2.17. The third-order valence-corrected chi connectivity index (χ3v) is 2.47. The third kappa shape index (κ3) is 3.45. The van der Waals surface area contributed by atoms with Gasteiger partial charge in [0.25, 0.3) is 0 Å². The molecule has 2 nitrogen and oxygen atoms in total. The average Bonchev–Trinajstić information content (AvgIpc) is 2.37. The first kappa shape index (κ1) is 15.1. The van der Waals surface area contributed by atoms with Crippen molar-refractivity contribution in [2.75, 3.05) is 0 Å². The van der Waals surface area contributed by atoms with E-state index in [9.17, 15) is 26.3 Å². The van der Waals surface area contributed by atoms with Crippen LogP contribution in [-0.2, 0) is 12.4 Å². The molecule has 21 heavy (non-hydrogen) atoms. The first-order valence-electron chi connectivity index (χ1n) is 5.56. The fraction of sp³-hybridized carbons (Fsp3) is 0.154. The van der Waals surface area contributed by atoms with E-state index in [1.807, 2.05) is 0 Å². The van der Waals surface area contributed by atoms with Gasteiger partial charge in [-0.15, -0.1) is 0 Å². The quantitative estimate of drug-likeness (QED) is 0.735. The van der Waals surface area contributed by atoms with Gasteiger partial charge in [-0.1, -0.05) is 12.1 Å². The number of halogens is 6. The zero-order chi connectivity index (χ0) is 15.7. The Morgan fingerprint density at radius 2 is 1.52 bits per heavy atom. The number of ether oxygens (including phenoxy) is 1. The van der Waals surface area contributed by atoms with Crippen LogP contribution >= 0.6 is 0 Å². The highest BCUT2D eigenvalue weighted by Crippen LogP contribution is 2.45. The maximum Gasteiger partial charge on any atom is 0.420 e. The summed E-state index contributed by atoms with van der Waals surface area (Å²) in [4.78, 5) is 3.62. The monoisotopic (exact) mass is 307 g/mol. The van der Waals surface area contributed by atoms with Gasteiger partial charge >= 0.3 is 12.4 Å². The molecule has 0 amide bonds. The minimum Gasteiger partial charge on any atom is -0.438 e. The number of hydrogen-bond acceptors (Lipinski definition) is 2. The van der Waals surface area contributed by atoms with E-state index in [0.717, 1.165) is 12.1 Å². The summed E-state index contributed by atoms with van der Waals surface area (Å²) in [5, 5.41) is 0. The van der Waals surface area contributed by atoms with Crippen molar-refractivity contribution in [3.8, 4) is 11.6 Å². The molecule has 0 saturated heterocycles. The van der Waals surface area contributed by atoms with Gasteiger partial charge in [-0.25, -0.2) is 4.98 Å². The van der Waals surface area contributed by atoms with E-state index in [-0.39, 0.29) is 5.88 Å². The van der Waals surface area contributed by atoms with Gasteiger partial charge in [0.15, 0.2) is 0 Å². The highest BCUT2D eigenvalue weighted by Gasteiger charge is 2.45. The van der Waals surface area contributed by atoms with Gasteiger partial charge < -0.3 is 4.74 Å². The molecule has 1 aromatic heterocycles. The predicted octanol–water partition coefficient (Wildman–Crippen LogP) is 4.91. The van der Waals surface area contributed by atoms with Crippen molar-refractivity contribution in [3.63, 3.8) is 0 Å². The van der Waals surface area contributed by atoms with Crippen LogP contribution in [0.1, 0.15) is 11.1 Å². The Balaban J connectivity index is 2.56. The summed E-state index contributed by atoms with van der Waals surface area (Å²) < 4.78 is 81.8. The number of hydrogen-bond donors (Lipinski definition) is 0. The average molecular weight is 307 g/mol. The van der Waals surface area contributed by atoms with E-state index in [0.29, 0.717) is 6.07 Å². The van der Waals surface area contributed by atoms with Gasteiger partial charge in [0.2, 0.25) is 5.88 Å². The standard InChI is InChI=1S/C13H7F6NO/c14-12(15,16)8-4-3-5-9(11(8)13(17,18)19)21-10-6-1-2-7-20-10/h1-7H. The molecule has 0 aliphatic heterocycles. The van der Waals surface area contributed by atoms with Crippen molar-refractivity contribution in [1.82, 2.24) is 4.98 Å². The van der Waals surface area contributed by atoms with Crippen molar-refractivity contribution in [2.24, 2.45) is 0 Å². The molecule has 0 bridgehead atoms. The number of aromatic nitrogens is 1. The summed E-state index contributed by atoms with van der Waals surface area (Å²) in [6.07, 6.45) is -9.11. The van der Waals surface area contributed by atoms with E-state index in [2.05, 4.69) is 4.98 Å². The summed E-state index contributed by atoms with van der Waals surface area (Å²) in [6, 6.07) is 6.17. The van der Waals surface area contributed by atoms with Crippen molar-refractivity contribution >= 4 is 0 Å². The summed E-state index contributed by atoms with van der Waals surface area (Å²) in [7, 11) is 0. The molecule has 1 aromatic carbocycles. The van der Waals surface area contributed by atoms with Crippen LogP contribution in [0.25, 0.3) is 0 Å². The Kier molecular flexibility index (Phi) is 3.80. The topological polar surface area (TPSA) is 22.1 Å². The molecule has 2 rings (SSSR count). The summed E-state index contributed by atoms with van der Waals surface area (Å²) in [5.74, 6) is -1.18. The Labute approximate surface area is 115 Å². The maximum absolute atomic E-state index is 12.9. The van der Waals surface area contributed by atoms with Crippen molar-refractivity contribution in [3.05, 3.63) is 53.7 Å². The largest absolute Gasteiger partial charge is 0.438 e. The van der Waals surface area contributed by atoms with Crippen LogP contribution in [0.3, 0.4) is 0 Å². The SMILES string of the molecule is FC(F)(F)c1cccc(Oc2ccccn2)c1C(F)(F)F. The molecule has 8 heteroatoms. The molecule has 0 aliphatic rings. The lowest BCUT2D eigenvalue weighted by atomic mass is 10.1. The van der Waals surface area contributed by atoms with Crippen LogP contribution in [0.5, 0.6) is 11.6 Å². The number of nitrogens with zero attached hydrogens (tertiary/aromatic N) is 1. The van der Waals surface area contributed by atoms with Crippen LogP contribution < -0.4 is 4.74 Å². The highest BCUT2D eigenvalue weighted by molar-refractivity contribution is 5.45. The molecular formula is C13H7F6NO. The molecule has 1 heterocycles. The molecule has 112 valence electrons. The molecule has 0 N–H and O–H groups in total. The predicted molar refractivity (Wildman–Crippen MR) is 60.8 cm³/mol. The van der Waals surface area contributed by atoms with Crippen molar-refractivity contribution in [1.29, 1.82) is 0 Å². The molecule has 2 aromatic rings. The summed E-state index contributed by atoms with van der Waals surface area (Å²) in [6.45, 7) is 0. The van der Waals surface area contributed by atoms with Gasteiger partial charge in [0, 0.05) is 12.3 Å². The van der Waals surface area contributed by atoms with Crippen LogP contribution in [0.2, 0.25) is 0 Å². The third-order valence-electron chi connectivity index (χ3n) is 2.47. The van der Waals surface area contributed by atoms with Gasteiger partial charge in [0.1, 0.15) is 11.3 Å². The Hall–Kier alpha value is -2.25. The molecule has 0 unspecified atom stereocenters. The van der Waals surface area contributed by atoms with Crippen LogP contribution in [0.4, 0.5) is 26.3 Å². The van der Waals surface area contributed by atoms with Gasteiger partial charge in [0.05, 0.1) is 5.56 Å². The first-order valence-corrected chi connectivity index (χ1v) is 5.56. The lowest BCUT2D eigenvalue weighted by Gasteiger charge is -2.18. The van der Waals surface area contributed by atoms with E-state index >= 15 is 0 Å². The zero-order valence-electron chi connectivity index (χ0n) is 10.2. The number of rotatable bonds is 2. The lowest BCUT2D eigenvalue weighted by molar-refractivity contribution is -0.162. The van der Waals surface area contributed by atoms with Gasteiger partial charge in [-0.05, 0) is 18.2 Å². The minimum atomic E-state index is -5.21. The van der Waals surface area contributed by atoms with E-state index in [4.69, 9.17) is 4.74 Å². The molecule has 0 spiro atoms. The van der Waals surface area contributed by atoms with Crippen LogP contribution in [0, 0.1) is 0 Å². The number of pyridine rings is 1. The van der Waals surface area contributed by atoms with E-state index in [1.54, 1.807) is 0 Å². The second kappa shape index (κ2) is 5.27. The van der Waals surface area contributed by atoms with Crippen LogP contribution in [0.15, 0.2) is 42.6 Å². The second-order valence-corrected chi connectivity index (χ2v) is 3.94. The van der Waals surface area contributed by atoms with Gasteiger partial charge in [-0.2, -0.15) is 26.3 Å². The van der Waals surface area contributed by atoms with E-state index in [1.165, 1.54) is 24.4 Å². The second-order valence-electron chi connectivity index (χ2n) is 3.94. The Morgan fingerprint density at radius 1 is 0.810 bits per heavy atom. The maximum atomic E-state index is 12.9. The summed E-state index contributed by atoms with van der Waals surface area (Å²) >= 11 is 0. The fourth-order valence-electron chi connectivity index (χ4n) is 1.66. The Morgan fingerprint density at radius 3 is 2.05 bits per heavy atom. The normalized spacial score (nSPS) is 12.3. The van der Waals surface area contributed by atoms with Crippen molar-refractivity contribution < 1.29 is 31.1 Å². The molecule has 0 atom stereocenters. The number of alkyl halides is 6.